The number of guanidine groups is 1. The number of hydrogen-bond acceptors (Lipinski definition) is 3. The SMILES string of the molecule is CCNC(=NCc1sc(C)nc1C)NC1CC(C)CC(C)C1.I. The van der Waals surface area contributed by atoms with Gasteiger partial charge in [0, 0.05) is 17.5 Å². The van der Waals surface area contributed by atoms with E-state index in [1.165, 1.54) is 24.1 Å². The van der Waals surface area contributed by atoms with Gasteiger partial charge in [-0.05, 0) is 51.9 Å². The maximum absolute atomic E-state index is 4.77. The summed E-state index contributed by atoms with van der Waals surface area (Å²) in [5.41, 5.74) is 1.11. The molecule has 0 saturated heterocycles. The summed E-state index contributed by atoms with van der Waals surface area (Å²) >= 11 is 1.75. The maximum Gasteiger partial charge on any atom is 0.191 e. The molecule has 0 aliphatic heterocycles. The summed E-state index contributed by atoms with van der Waals surface area (Å²) in [5.74, 6) is 2.55. The van der Waals surface area contributed by atoms with Gasteiger partial charge in [0.1, 0.15) is 0 Å². The van der Waals surface area contributed by atoms with E-state index in [2.05, 4.69) is 50.2 Å². The van der Waals surface area contributed by atoms with E-state index in [1.54, 1.807) is 11.3 Å². The van der Waals surface area contributed by atoms with Crippen LogP contribution in [0.2, 0.25) is 0 Å². The highest BCUT2D eigenvalue weighted by molar-refractivity contribution is 14.0. The predicted octanol–water partition coefficient (Wildman–Crippen LogP) is 4.26. The van der Waals surface area contributed by atoms with Gasteiger partial charge in [0.05, 0.1) is 17.2 Å². The molecule has 0 spiro atoms. The van der Waals surface area contributed by atoms with E-state index >= 15 is 0 Å². The highest BCUT2D eigenvalue weighted by Gasteiger charge is 2.24. The molecule has 1 aromatic rings. The van der Waals surface area contributed by atoms with Crippen LogP contribution in [0.25, 0.3) is 0 Å². The van der Waals surface area contributed by atoms with Crippen LogP contribution in [-0.4, -0.2) is 23.5 Å². The molecule has 0 amide bonds. The van der Waals surface area contributed by atoms with Crippen molar-refractivity contribution in [2.45, 2.75) is 66.5 Å². The van der Waals surface area contributed by atoms with Crippen LogP contribution in [0, 0.1) is 25.7 Å². The lowest BCUT2D eigenvalue weighted by molar-refractivity contribution is 0.255. The second kappa shape index (κ2) is 9.81. The number of rotatable bonds is 4. The van der Waals surface area contributed by atoms with Gasteiger partial charge in [-0.15, -0.1) is 35.3 Å². The maximum atomic E-state index is 4.77. The van der Waals surface area contributed by atoms with Gasteiger partial charge in [-0.25, -0.2) is 9.98 Å². The zero-order chi connectivity index (χ0) is 16.1. The van der Waals surface area contributed by atoms with Gasteiger partial charge in [-0.1, -0.05) is 13.8 Å². The molecule has 4 nitrogen and oxygen atoms in total. The van der Waals surface area contributed by atoms with Crippen LogP contribution < -0.4 is 10.6 Å². The molecule has 1 heterocycles. The molecule has 2 rings (SSSR count). The fourth-order valence-corrected chi connectivity index (χ4v) is 4.31. The van der Waals surface area contributed by atoms with Crippen LogP contribution in [0.3, 0.4) is 0 Å². The molecular formula is C17H31IN4S. The number of halogens is 1. The Bertz CT molecular complexity index is 505. The van der Waals surface area contributed by atoms with Crippen molar-refractivity contribution >= 4 is 41.3 Å². The molecular weight excluding hydrogens is 419 g/mol. The molecule has 132 valence electrons. The van der Waals surface area contributed by atoms with Crippen molar-refractivity contribution in [3.8, 4) is 0 Å². The average Bonchev–Trinajstić information content (AvgIpc) is 2.73. The molecule has 0 bridgehead atoms. The lowest BCUT2D eigenvalue weighted by Gasteiger charge is -2.32. The van der Waals surface area contributed by atoms with Gasteiger partial charge in [0.2, 0.25) is 0 Å². The monoisotopic (exact) mass is 450 g/mol. The third kappa shape index (κ3) is 6.57. The van der Waals surface area contributed by atoms with E-state index in [-0.39, 0.29) is 24.0 Å². The van der Waals surface area contributed by atoms with Crippen molar-refractivity contribution in [3.63, 3.8) is 0 Å². The Kier molecular flexibility index (Phi) is 8.82. The molecule has 6 heteroatoms. The average molecular weight is 450 g/mol. The number of aryl methyl sites for hydroxylation is 2. The number of thiazole rings is 1. The van der Waals surface area contributed by atoms with Gasteiger partial charge < -0.3 is 10.6 Å². The Balaban J connectivity index is 0.00000264. The standard InChI is InChI=1S/C17H30N4S.HI/c1-6-18-17(19-10-16-13(4)20-14(5)22-16)21-15-8-11(2)7-12(3)9-15;/h11-12,15H,6-10H2,1-5H3,(H2,18,19,21);1H. The second-order valence-electron chi connectivity index (χ2n) is 6.70. The Morgan fingerprint density at radius 1 is 1.22 bits per heavy atom. The molecule has 23 heavy (non-hydrogen) atoms. The smallest absolute Gasteiger partial charge is 0.191 e. The molecule has 1 aliphatic rings. The molecule has 2 atom stereocenters. The molecule has 1 aromatic heterocycles. The molecule has 1 fully saturated rings. The summed E-state index contributed by atoms with van der Waals surface area (Å²) in [6, 6.07) is 0.542. The lowest BCUT2D eigenvalue weighted by Crippen LogP contribution is -2.46. The Labute approximate surface area is 162 Å². The summed E-state index contributed by atoms with van der Waals surface area (Å²) in [6.07, 6.45) is 3.84. The minimum Gasteiger partial charge on any atom is -0.357 e. The van der Waals surface area contributed by atoms with E-state index < -0.39 is 0 Å². The molecule has 1 saturated carbocycles. The molecule has 1 aliphatic carbocycles. The van der Waals surface area contributed by atoms with Gasteiger partial charge >= 0.3 is 0 Å². The van der Waals surface area contributed by atoms with Gasteiger partial charge in [-0.2, -0.15) is 0 Å². The molecule has 2 N–H and O–H groups in total. The summed E-state index contributed by atoms with van der Waals surface area (Å²) in [7, 11) is 0. The van der Waals surface area contributed by atoms with Crippen LogP contribution in [0.15, 0.2) is 4.99 Å². The van der Waals surface area contributed by atoms with E-state index in [4.69, 9.17) is 4.99 Å². The minimum atomic E-state index is 0. The van der Waals surface area contributed by atoms with Crippen LogP contribution in [-0.2, 0) is 6.54 Å². The Morgan fingerprint density at radius 2 is 1.87 bits per heavy atom. The van der Waals surface area contributed by atoms with Crippen LogP contribution in [0.5, 0.6) is 0 Å². The number of aromatic nitrogens is 1. The third-order valence-electron chi connectivity index (χ3n) is 4.24. The molecule has 0 radical (unpaired) electrons. The summed E-state index contributed by atoms with van der Waals surface area (Å²) < 4.78 is 0. The van der Waals surface area contributed by atoms with E-state index in [0.717, 1.165) is 35.0 Å². The van der Waals surface area contributed by atoms with Crippen molar-refractivity contribution in [2.75, 3.05) is 6.54 Å². The lowest BCUT2D eigenvalue weighted by atomic mass is 9.80. The van der Waals surface area contributed by atoms with Crippen LogP contribution >= 0.6 is 35.3 Å². The molecule has 2 unspecified atom stereocenters. The normalized spacial score (nSPS) is 24.9. The van der Waals surface area contributed by atoms with Crippen molar-refractivity contribution in [2.24, 2.45) is 16.8 Å². The topological polar surface area (TPSA) is 49.3 Å². The largest absolute Gasteiger partial charge is 0.357 e. The van der Waals surface area contributed by atoms with Crippen LogP contribution in [0.1, 0.15) is 55.6 Å². The van der Waals surface area contributed by atoms with Gasteiger partial charge in [-0.3, -0.25) is 0 Å². The molecule has 0 aromatic carbocycles. The summed E-state index contributed by atoms with van der Waals surface area (Å²) in [5, 5.41) is 8.14. The van der Waals surface area contributed by atoms with Crippen molar-refractivity contribution < 1.29 is 0 Å². The number of nitrogens with zero attached hydrogens (tertiary/aromatic N) is 2. The summed E-state index contributed by atoms with van der Waals surface area (Å²) in [6.45, 7) is 12.6. The van der Waals surface area contributed by atoms with Crippen LogP contribution in [0.4, 0.5) is 0 Å². The van der Waals surface area contributed by atoms with Crippen molar-refractivity contribution in [3.05, 3.63) is 15.6 Å². The van der Waals surface area contributed by atoms with E-state index in [9.17, 15) is 0 Å². The highest BCUT2D eigenvalue weighted by atomic mass is 127. The van der Waals surface area contributed by atoms with Crippen molar-refractivity contribution in [1.82, 2.24) is 15.6 Å². The van der Waals surface area contributed by atoms with Gasteiger partial charge in [0.25, 0.3) is 0 Å². The first kappa shape index (κ1) is 20.7. The minimum absolute atomic E-state index is 0. The highest BCUT2D eigenvalue weighted by Crippen LogP contribution is 2.28. The zero-order valence-electron chi connectivity index (χ0n) is 15.0. The first-order chi connectivity index (χ1) is 10.5. The quantitative estimate of drug-likeness (QED) is 0.410. The van der Waals surface area contributed by atoms with Gasteiger partial charge in [0.15, 0.2) is 5.96 Å². The number of nitrogens with one attached hydrogen (secondary N) is 2. The number of aliphatic imine (C=N–C) groups is 1. The fraction of sp³-hybridized carbons (Fsp3) is 0.765. The van der Waals surface area contributed by atoms with Crippen molar-refractivity contribution in [1.29, 1.82) is 0 Å². The summed E-state index contributed by atoms with van der Waals surface area (Å²) in [4.78, 5) is 10.5. The van der Waals surface area contributed by atoms with E-state index in [0.29, 0.717) is 12.6 Å². The Morgan fingerprint density at radius 3 is 2.39 bits per heavy atom. The first-order valence-electron chi connectivity index (χ1n) is 8.45. The zero-order valence-corrected chi connectivity index (χ0v) is 18.1. The fourth-order valence-electron chi connectivity index (χ4n) is 3.45. The Hall–Kier alpha value is -0.370. The number of hydrogen-bond donors (Lipinski definition) is 2. The third-order valence-corrected chi connectivity index (χ3v) is 5.30. The predicted molar refractivity (Wildman–Crippen MR) is 111 cm³/mol. The second-order valence-corrected chi connectivity index (χ2v) is 7.98. The first-order valence-corrected chi connectivity index (χ1v) is 9.27. The van der Waals surface area contributed by atoms with E-state index in [1.807, 2.05) is 0 Å².